The van der Waals surface area contributed by atoms with Crippen LogP contribution in [0.2, 0.25) is 0 Å². The average molecular weight is 426 g/mol. The predicted octanol–water partition coefficient (Wildman–Crippen LogP) is 4.66. The maximum atomic E-state index is 13.5. The van der Waals surface area contributed by atoms with Crippen LogP contribution < -0.4 is 15.6 Å². The molecule has 1 saturated heterocycles. The number of amidine groups is 1. The third-order valence-corrected chi connectivity index (χ3v) is 6.51. The fraction of sp³-hybridized carbons (Fsp3) is 0.280. The molecular weight excluding hydrogens is 404 g/mol. The molecule has 1 atom stereocenters. The van der Waals surface area contributed by atoms with Gasteiger partial charge in [-0.05, 0) is 42.7 Å². The Labute approximate surface area is 184 Å². The third kappa shape index (κ3) is 3.04. The molecule has 160 valence electrons. The Morgan fingerprint density at radius 1 is 1.09 bits per heavy atom. The minimum Gasteiger partial charge on any atom is -0.464 e. The minimum atomic E-state index is -0.674. The number of benzene rings is 2. The van der Waals surface area contributed by atoms with Gasteiger partial charge in [0.15, 0.2) is 5.43 Å². The van der Waals surface area contributed by atoms with E-state index in [1.165, 1.54) is 6.26 Å². The lowest BCUT2D eigenvalue weighted by molar-refractivity contribution is 0.252. The second kappa shape index (κ2) is 7.44. The molecule has 1 unspecified atom stereocenters. The largest absolute Gasteiger partial charge is 0.464 e. The van der Waals surface area contributed by atoms with Gasteiger partial charge >= 0.3 is 6.03 Å². The molecule has 2 fully saturated rings. The predicted molar refractivity (Wildman–Crippen MR) is 124 cm³/mol. The maximum Gasteiger partial charge on any atom is 0.328 e. The molecule has 3 aromatic rings. The molecule has 2 aliphatic heterocycles. The lowest BCUT2D eigenvalue weighted by Gasteiger charge is -2.23. The zero-order chi connectivity index (χ0) is 21.7. The first-order valence-corrected chi connectivity index (χ1v) is 11.0. The van der Waals surface area contributed by atoms with Crippen molar-refractivity contribution in [1.82, 2.24) is 5.32 Å². The Hall–Kier alpha value is -3.74. The Kier molecular flexibility index (Phi) is 4.41. The summed E-state index contributed by atoms with van der Waals surface area (Å²) in [5.41, 5.74) is 3.40. The quantitative estimate of drug-likeness (QED) is 0.661. The van der Waals surface area contributed by atoms with Crippen LogP contribution in [-0.4, -0.2) is 24.1 Å². The van der Waals surface area contributed by atoms with E-state index in [2.05, 4.69) is 10.3 Å². The van der Waals surface area contributed by atoms with Crippen LogP contribution in [0.15, 0.2) is 67.9 Å². The molecule has 0 radical (unpaired) electrons. The van der Waals surface area contributed by atoms with Crippen molar-refractivity contribution >= 4 is 40.4 Å². The number of carbonyl (C=O) groups excluding carboxylic acids is 1. The molecule has 2 aromatic carbocycles. The summed E-state index contributed by atoms with van der Waals surface area (Å²) >= 11 is 0. The number of nitrogens with zero attached hydrogens (tertiary/aromatic N) is 3. The van der Waals surface area contributed by atoms with E-state index < -0.39 is 6.04 Å². The van der Waals surface area contributed by atoms with Crippen molar-refractivity contribution in [2.24, 2.45) is 9.98 Å². The van der Waals surface area contributed by atoms with E-state index in [0.29, 0.717) is 28.1 Å². The summed E-state index contributed by atoms with van der Waals surface area (Å²) in [6.45, 7) is 0. The molecule has 1 aliphatic carbocycles. The molecule has 32 heavy (non-hydrogen) atoms. The van der Waals surface area contributed by atoms with Crippen molar-refractivity contribution in [3.05, 3.63) is 70.1 Å². The van der Waals surface area contributed by atoms with Crippen molar-refractivity contribution < 1.29 is 9.21 Å². The first-order chi connectivity index (χ1) is 15.7. The van der Waals surface area contributed by atoms with Gasteiger partial charge < -0.3 is 4.42 Å². The SMILES string of the molecule is O=C1NC(=NC2CCCC2)C(c2coc3ccccc3c2=O)N1c1ccc2c(c1)N=CC2. The van der Waals surface area contributed by atoms with Gasteiger partial charge in [-0.3, -0.25) is 25.0 Å². The number of aliphatic imine (C=N–C) groups is 2. The van der Waals surface area contributed by atoms with E-state index in [0.717, 1.165) is 43.4 Å². The number of anilines is 1. The zero-order valence-corrected chi connectivity index (χ0v) is 17.5. The molecular formula is C25H22N4O3. The Morgan fingerprint density at radius 2 is 1.94 bits per heavy atom. The van der Waals surface area contributed by atoms with Crippen LogP contribution in [0.4, 0.5) is 16.2 Å². The third-order valence-electron chi connectivity index (χ3n) is 6.51. The van der Waals surface area contributed by atoms with E-state index in [-0.39, 0.29) is 17.5 Å². The number of nitrogens with one attached hydrogen (secondary N) is 1. The van der Waals surface area contributed by atoms with Crippen LogP contribution in [0.3, 0.4) is 0 Å². The van der Waals surface area contributed by atoms with Gasteiger partial charge in [-0.1, -0.05) is 31.0 Å². The van der Waals surface area contributed by atoms with E-state index in [1.807, 2.05) is 36.5 Å². The topological polar surface area (TPSA) is 87.3 Å². The highest BCUT2D eigenvalue weighted by atomic mass is 16.3. The second-order valence-electron chi connectivity index (χ2n) is 8.50. The number of para-hydroxylation sites is 1. The average Bonchev–Trinajstić information content (AvgIpc) is 3.55. The summed E-state index contributed by atoms with van der Waals surface area (Å²) in [4.78, 5) is 37.6. The molecule has 0 bridgehead atoms. The standard InChI is InChI=1S/C25H22N4O3/c30-23-18-7-3-4-8-21(18)32-14-19(23)22-24(27-16-5-1-2-6-16)28-25(31)29(22)17-10-9-15-11-12-26-20(15)13-17/h3-4,7-10,12-14,16,22H,1-2,5-6,11H2,(H,27,28,31). The molecule has 2 amide bonds. The molecule has 6 rings (SSSR count). The van der Waals surface area contributed by atoms with Crippen molar-refractivity contribution in [2.75, 3.05) is 4.90 Å². The highest BCUT2D eigenvalue weighted by molar-refractivity contribution is 6.17. The Balaban J connectivity index is 1.52. The van der Waals surface area contributed by atoms with Crippen molar-refractivity contribution in [3.63, 3.8) is 0 Å². The highest BCUT2D eigenvalue weighted by Gasteiger charge is 2.41. The molecule has 1 N–H and O–H groups in total. The number of carbonyl (C=O) groups is 1. The van der Waals surface area contributed by atoms with E-state index >= 15 is 0 Å². The molecule has 3 aliphatic rings. The number of hydrogen-bond acceptors (Lipinski definition) is 5. The molecule has 7 nitrogen and oxygen atoms in total. The van der Waals surface area contributed by atoms with Crippen molar-refractivity contribution in [3.8, 4) is 0 Å². The fourth-order valence-corrected chi connectivity index (χ4v) is 4.88. The van der Waals surface area contributed by atoms with Crippen molar-refractivity contribution in [1.29, 1.82) is 0 Å². The van der Waals surface area contributed by atoms with Gasteiger partial charge in [-0.15, -0.1) is 0 Å². The smallest absolute Gasteiger partial charge is 0.328 e. The fourth-order valence-electron chi connectivity index (χ4n) is 4.88. The molecule has 3 heterocycles. The Bertz CT molecular complexity index is 1350. The van der Waals surface area contributed by atoms with E-state index in [4.69, 9.17) is 9.41 Å². The summed E-state index contributed by atoms with van der Waals surface area (Å²) in [6, 6.07) is 12.1. The Morgan fingerprint density at radius 3 is 2.81 bits per heavy atom. The summed E-state index contributed by atoms with van der Waals surface area (Å²) in [6.07, 6.45) is 8.36. The van der Waals surface area contributed by atoms with Crippen LogP contribution >= 0.6 is 0 Å². The number of urea groups is 1. The lowest BCUT2D eigenvalue weighted by Crippen LogP contribution is -2.32. The van der Waals surface area contributed by atoms with Crippen LogP contribution in [0.5, 0.6) is 0 Å². The molecule has 7 heteroatoms. The minimum absolute atomic E-state index is 0.156. The summed E-state index contributed by atoms with van der Waals surface area (Å²) < 4.78 is 5.80. The van der Waals surface area contributed by atoms with Gasteiger partial charge in [0, 0.05) is 18.3 Å². The lowest BCUT2D eigenvalue weighted by atomic mass is 10.0. The summed E-state index contributed by atoms with van der Waals surface area (Å²) in [5.74, 6) is 0.508. The van der Waals surface area contributed by atoms with E-state index in [1.54, 1.807) is 17.0 Å². The van der Waals surface area contributed by atoms with Gasteiger partial charge in [0.25, 0.3) is 0 Å². The molecule has 1 aromatic heterocycles. The van der Waals surface area contributed by atoms with Crippen molar-refractivity contribution in [2.45, 2.75) is 44.2 Å². The maximum absolute atomic E-state index is 13.5. The van der Waals surface area contributed by atoms with Gasteiger partial charge in [0.1, 0.15) is 23.7 Å². The number of hydrogen-bond donors (Lipinski definition) is 1. The van der Waals surface area contributed by atoms with Gasteiger partial charge in [-0.2, -0.15) is 0 Å². The highest BCUT2D eigenvalue weighted by Crippen LogP contribution is 2.36. The van der Waals surface area contributed by atoms with Crippen LogP contribution in [0.1, 0.15) is 42.9 Å². The number of rotatable bonds is 3. The van der Waals surface area contributed by atoms with Gasteiger partial charge in [0.2, 0.25) is 0 Å². The van der Waals surface area contributed by atoms with Crippen LogP contribution in [-0.2, 0) is 6.42 Å². The van der Waals surface area contributed by atoms with Crippen LogP contribution in [0, 0.1) is 0 Å². The van der Waals surface area contributed by atoms with Gasteiger partial charge in [-0.25, -0.2) is 4.79 Å². The van der Waals surface area contributed by atoms with E-state index in [9.17, 15) is 9.59 Å². The monoisotopic (exact) mass is 426 g/mol. The first kappa shape index (κ1) is 19.0. The zero-order valence-electron chi connectivity index (χ0n) is 17.5. The van der Waals surface area contributed by atoms with Crippen LogP contribution in [0.25, 0.3) is 11.0 Å². The van der Waals surface area contributed by atoms with Gasteiger partial charge in [0.05, 0.1) is 22.7 Å². The number of amides is 2. The summed E-state index contributed by atoms with van der Waals surface area (Å²) in [7, 11) is 0. The molecule has 1 saturated carbocycles. The summed E-state index contributed by atoms with van der Waals surface area (Å²) in [5, 5.41) is 3.43. The second-order valence-corrected chi connectivity index (χ2v) is 8.50. The number of fused-ring (bicyclic) bond motifs is 2. The molecule has 0 spiro atoms. The normalized spacial score (nSPS) is 21.6. The first-order valence-electron chi connectivity index (χ1n) is 11.0.